The smallest absolute Gasteiger partial charge is 0.237 e. The Morgan fingerprint density at radius 1 is 1.08 bits per heavy atom. The van der Waals surface area contributed by atoms with E-state index in [2.05, 4.69) is 16.0 Å². The van der Waals surface area contributed by atoms with E-state index in [1.54, 1.807) is 6.92 Å². The highest BCUT2D eigenvalue weighted by Gasteiger charge is 2.28. The first-order chi connectivity index (χ1) is 11.1. The van der Waals surface area contributed by atoms with Crippen LogP contribution in [-0.2, 0) is 9.53 Å². The molecule has 0 aromatic carbocycles. The van der Waals surface area contributed by atoms with Crippen LogP contribution in [0.3, 0.4) is 0 Å². The van der Waals surface area contributed by atoms with Gasteiger partial charge in [-0.25, -0.2) is 0 Å². The largest absolute Gasteiger partial charge is 0.394 e. The van der Waals surface area contributed by atoms with Gasteiger partial charge in [0, 0.05) is 7.11 Å². The van der Waals surface area contributed by atoms with Gasteiger partial charge in [-0.3, -0.25) is 15.4 Å². The van der Waals surface area contributed by atoms with Crippen molar-refractivity contribution in [2.24, 2.45) is 11.8 Å². The van der Waals surface area contributed by atoms with Gasteiger partial charge in [0.05, 0.1) is 24.7 Å². The Kier molecular flexibility index (Phi) is 11.4. The molecular formula is C16H35N3O5. The lowest BCUT2D eigenvalue weighted by Crippen LogP contribution is -2.58. The maximum Gasteiger partial charge on any atom is 0.237 e. The number of aliphatic hydroxyl groups excluding tert-OH is 3. The third-order valence-corrected chi connectivity index (χ3v) is 3.75. The van der Waals surface area contributed by atoms with Crippen LogP contribution in [0.1, 0.15) is 41.0 Å². The van der Waals surface area contributed by atoms with Crippen LogP contribution in [0.5, 0.6) is 0 Å². The molecule has 0 rings (SSSR count). The van der Waals surface area contributed by atoms with Gasteiger partial charge in [-0.05, 0) is 25.2 Å². The van der Waals surface area contributed by atoms with Crippen LogP contribution in [-0.4, -0.2) is 65.7 Å². The molecule has 1 amide bonds. The molecule has 0 fully saturated rings. The molecule has 0 saturated heterocycles. The van der Waals surface area contributed by atoms with Gasteiger partial charge in [-0.15, -0.1) is 0 Å². The van der Waals surface area contributed by atoms with E-state index in [4.69, 9.17) is 4.74 Å². The normalized spacial score (nSPS) is 18.3. The van der Waals surface area contributed by atoms with E-state index in [1.165, 1.54) is 7.11 Å². The number of nitrogens with one attached hydrogen (secondary N) is 3. The quantitative estimate of drug-likeness (QED) is 0.259. The molecule has 0 radical (unpaired) electrons. The summed E-state index contributed by atoms with van der Waals surface area (Å²) >= 11 is 0. The van der Waals surface area contributed by atoms with Crippen LogP contribution < -0.4 is 16.0 Å². The summed E-state index contributed by atoms with van der Waals surface area (Å²) in [6, 6.07) is -1.49. The summed E-state index contributed by atoms with van der Waals surface area (Å²) in [5.41, 5.74) is 0. The van der Waals surface area contributed by atoms with Crippen LogP contribution >= 0.6 is 0 Å². The molecule has 0 spiro atoms. The van der Waals surface area contributed by atoms with Crippen molar-refractivity contribution >= 4 is 5.91 Å². The molecule has 0 aliphatic carbocycles. The van der Waals surface area contributed by atoms with Crippen LogP contribution in [0, 0.1) is 11.8 Å². The Morgan fingerprint density at radius 2 is 1.67 bits per heavy atom. The SMILES string of the molecule is CO[C@H](O)NC(C(C)C)C(O)N[C@H](C)C(=O)NC(CO)CC(C)C. The van der Waals surface area contributed by atoms with Crippen molar-refractivity contribution in [2.75, 3.05) is 13.7 Å². The second-order valence-electron chi connectivity index (χ2n) is 6.88. The van der Waals surface area contributed by atoms with Gasteiger partial charge >= 0.3 is 0 Å². The van der Waals surface area contributed by atoms with Gasteiger partial charge in [-0.2, -0.15) is 0 Å². The topological polar surface area (TPSA) is 123 Å². The Labute approximate surface area is 145 Å². The predicted molar refractivity (Wildman–Crippen MR) is 91.9 cm³/mol. The van der Waals surface area contributed by atoms with E-state index in [-0.39, 0.29) is 24.5 Å². The minimum Gasteiger partial charge on any atom is -0.394 e. The first-order valence-electron chi connectivity index (χ1n) is 8.44. The van der Waals surface area contributed by atoms with Gasteiger partial charge in [0.2, 0.25) is 12.3 Å². The predicted octanol–water partition coefficient (Wildman–Crippen LogP) is -0.657. The van der Waals surface area contributed by atoms with E-state index in [0.29, 0.717) is 12.3 Å². The number of amides is 1. The van der Waals surface area contributed by atoms with Crippen molar-refractivity contribution < 1.29 is 24.9 Å². The number of hydrogen-bond acceptors (Lipinski definition) is 7. The van der Waals surface area contributed by atoms with Crippen molar-refractivity contribution in [2.45, 2.75) is 71.8 Å². The Hall–Kier alpha value is -0.770. The molecule has 144 valence electrons. The van der Waals surface area contributed by atoms with Crippen molar-refractivity contribution in [3.05, 3.63) is 0 Å². The Bertz CT molecular complexity index is 355. The summed E-state index contributed by atoms with van der Waals surface area (Å²) in [7, 11) is 1.34. The number of aliphatic hydroxyl groups is 3. The average molecular weight is 349 g/mol. The molecule has 6 N–H and O–H groups in total. The summed E-state index contributed by atoms with van der Waals surface area (Å²) in [5.74, 6) is 0.0311. The molecule has 0 bridgehead atoms. The number of rotatable bonds is 12. The summed E-state index contributed by atoms with van der Waals surface area (Å²) < 4.78 is 4.74. The van der Waals surface area contributed by atoms with Gasteiger partial charge in [0.25, 0.3) is 0 Å². The van der Waals surface area contributed by atoms with Crippen LogP contribution in [0.15, 0.2) is 0 Å². The summed E-state index contributed by atoms with van der Waals surface area (Å²) in [4.78, 5) is 12.2. The number of carbonyl (C=O) groups is 1. The van der Waals surface area contributed by atoms with Crippen molar-refractivity contribution in [1.29, 1.82) is 0 Å². The van der Waals surface area contributed by atoms with E-state index < -0.39 is 24.7 Å². The zero-order valence-corrected chi connectivity index (χ0v) is 15.6. The number of methoxy groups -OCH3 is 1. The fraction of sp³-hybridized carbons (Fsp3) is 0.938. The van der Waals surface area contributed by atoms with Crippen LogP contribution in [0.2, 0.25) is 0 Å². The molecule has 0 aliphatic rings. The molecule has 0 saturated carbocycles. The maximum absolute atomic E-state index is 12.2. The minimum absolute atomic E-state index is 0.0151. The number of ether oxygens (including phenoxy) is 1. The van der Waals surface area contributed by atoms with Crippen molar-refractivity contribution in [3.63, 3.8) is 0 Å². The van der Waals surface area contributed by atoms with Crippen molar-refractivity contribution in [3.8, 4) is 0 Å². The Morgan fingerprint density at radius 3 is 2.08 bits per heavy atom. The fourth-order valence-corrected chi connectivity index (χ4v) is 2.39. The lowest BCUT2D eigenvalue weighted by Gasteiger charge is -2.31. The number of hydrogen-bond donors (Lipinski definition) is 6. The highest BCUT2D eigenvalue weighted by atomic mass is 16.6. The number of carbonyl (C=O) groups excluding carboxylic acids is 1. The molecule has 0 aromatic heterocycles. The summed E-state index contributed by atoms with van der Waals surface area (Å²) in [5, 5.41) is 37.5. The molecule has 3 unspecified atom stereocenters. The van der Waals surface area contributed by atoms with Crippen LogP contribution in [0.25, 0.3) is 0 Å². The molecule has 0 heterocycles. The molecule has 0 aliphatic heterocycles. The highest BCUT2D eigenvalue weighted by Crippen LogP contribution is 2.08. The summed E-state index contributed by atoms with van der Waals surface area (Å²) in [6.45, 7) is 9.28. The van der Waals surface area contributed by atoms with Crippen LogP contribution in [0.4, 0.5) is 0 Å². The second-order valence-corrected chi connectivity index (χ2v) is 6.88. The fourth-order valence-electron chi connectivity index (χ4n) is 2.39. The monoisotopic (exact) mass is 349 g/mol. The van der Waals surface area contributed by atoms with E-state index in [1.807, 2.05) is 27.7 Å². The third kappa shape index (κ3) is 8.91. The molecule has 8 nitrogen and oxygen atoms in total. The first-order valence-corrected chi connectivity index (χ1v) is 8.44. The maximum atomic E-state index is 12.2. The van der Waals surface area contributed by atoms with Crippen molar-refractivity contribution in [1.82, 2.24) is 16.0 Å². The first kappa shape index (κ1) is 23.2. The zero-order chi connectivity index (χ0) is 18.9. The van der Waals surface area contributed by atoms with E-state index in [9.17, 15) is 20.1 Å². The molecule has 24 heavy (non-hydrogen) atoms. The van der Waals surface area contributed by atoms with Gasteiger partial charge < -0.3 is 25.4 Å². The van der Waals surface area contributed by atoms with Gasteiger partial charge in [-0.1, -0.05) is 27.7 Å². The van der Waals surface area contributed by atoms with Gasteiger partial charge in [0.1, 0.15) is 6.23 Å². The Balaban J connectivity index is 4.63. The molecule has 5 atom stereocenters. The third-order valence-electron chi connectivity index (χ3n) is 3.75. The van der Waals surface area contributed by atoms with Gasteiger partial charge in [0.15, 0.2) is 0 Å². The zero-order valence-electron chi connectivity index (χ0n) is 15.6. The molecule has 0 aromatic rings. The average Bonchev–Trinajstić information content (AvgIpc) is 2.50. The minimum atomic E-state index is -1.21. The van der Waals surface area contributed by atoms with E-state index in [0.717, 1.165) is 0 Å². The second kappa shape index (κ2) is 11.7. The summed E-state index contributed by atoms with van der Waals surface area (Å²) in [6.07, 6.45) is -1.59. The lowest BCUT2D eigenvalue weighted by molar-refractivity contribution is -0.127. The standard InChI is InChI=1S/C16H35N3O5/c1-9(2)7-12(8-20)18-14(21)11(5)17-15(22)13(10(3)4)19-16(23)24-6/h9-13,15-17,19-20,22-23H,7-8H2,1-6H3,(H,18,21)/t11-,12?,13?,15?,16+/m1/s1. The highest BCUT2D eigenvalue weighted by molar-refractivity contribution is 5.81. The molecular weight excluding hydrogens is 314 g/mol. The van der Waals surface area contributed by atoms with E-state index >= 15 is 0 Å². The lowest BCUT2D eigenvalue weighted by atomic mass is 10.0. The molecule has 8 heteroatoms.